The van der Waals surface area contributed by atoms with Gasteiger partial charge in [0.15, 0.2) is 0 Å². The Morgan fingerprint density at radius 2 is 2.11 bits per heavy atom. The van der Waals surface area contributed by atoms with E-state index in [2.05, 4.69) is 5.32 Å². The van der Waals surface area contributed by atoms with Crippen molar-refractivity contribution >= 4 is 16.9 Å². The fourth-order valence-electron chi connectivity index (χ4n) is 1.88. The van der Waals surface area contributed by atoms with Gasteiger partial charge in [-0.1, -0.05) is 18.2 Å². The molecule has 0 saturated carbocycles. The van der Waals surface area contributed by atoms with Gasteiger partial charge in [0.05, 0.1) is 6.04 Å². The predicted molar refractivity (Wildman–Crippen MR) is 71.0 cm³/mol. The summed E-state index contributed by atoms with van der Waals surface area (Å²) in [6.45, 7) is 3.71. The topological polar surface area (TPSA) is 68.3 Å². The molecule has 0 saturated heterocycles. The zero-order valence-corrected chi connectivity index (χ0v) is 10.6. The minimum atomic E-state index is -0.149. The fourth-order valence-corrected chi connectivity index (χ4v) is 1.88. The quantitative estimate of drug-likeness (QED) is 0.870. The average molecular weight is 246 g/mol. The Labute approximate surface area is 106 Å². The highest BCUT2D eigenvalue weighted by Crippen LogP contribution is 2.23. The van der Waals surface area contributed by atoms with Crippen LogP contribution in [0.2, 0.25) is 0 Å². The molecule has 0 aliphatic heterocycles. The van der Waals surface area contributed by atoms with Crippen molar-refractivity contribution in [2.75, 3.05) is 0 Å². The van der Waals surface area contributed by atoms with E-state index in [0.29, 0.717) is 6.42 Å². The number of fused-ring (bicyclic) bond motifs is 1. The summed E-state index contributed by atoms with van der Waals surface area (Å²) < 4.78 is 5.69. The van der Waals surface area contributed by atoms with Crippen LogP contribution in [0.1, 0.15) is 32.1 Å². The van der Waals surface area contributed by atoms with Gasteiger partial charge in [-0.05, 0) is 26.0 Å². The second-order valence-corrected chi connectivity index (χ2v) is 4.66. The molecular weight excluding hydrogens is 228 g/mol. The maximum atomic E-state index is 11.6. The molecule has 0 fully saturated rings. The van der Waals surface area contributed by atoms with E-state index < -0.39 is 0 Å². The molecule has 18 heavy (non-hydrogen) atoms. The Balaban J connectivity index is 2.08. The molecule has 0 bridgehead atoms. The van der Waals surface area contributed by atoms with Gasteiger partial charge < -0.3 is 15.5 Å². The molecule has 2 rings (SSSR count). The lowest BCUT2D eigenvalue weighted by atomic mass is 10.2. The predicted octanol–water partition coefficient (Wildman–Crippen LogP) is 2.35. The average Bonchev–Trinajstić information content (AvgIpc) is 2.71. The Morgan fingerprint density at radius 1 is 1.39 bits per heavy atom. The number of carbonyl (C=O) groups excluding carboxylic acids is 1. The fraction of sp³-hybridized carbons (Fsp3) is 0.357. The van der Waals surface area contributed by atoms with Gasteiger partial charge in [0.1, 0.15) is 11.3 Å². The van der Waals surface area contributed by atoms with Crippen molar-refractivity contribution in [3.8, 4) is 0 Å². The maximum absolute atomic E-state index is 11.6. The van der Waals surface area contributed by atoms with Gasteiger partial charge in [0.2, 0.25) is 5.91 Å². The van der Waals surface area contributed by atoms with Crippen molar-refractivity contribution in [3.63, 3.8) is 0 Å². The molecule has 0 spiro atoms. The van der Waals surface area contributed by atoms with E-state index in [1.165, 1.54) is 0 Å². The first-order chi connectivity index (χ1) is 8.56. The van der Waals surface area contributed by atoms with Gasteiger partial charge in [-0.15, -0.1) is 0 Å². The molecule has 1 aromatic heterocycles. The van der Waals surface area contributed by atoms with Crippen LogP contribution in [-0.4, -0.2) is 11.9 Å². The van der Waals surface area contributed by atoms with Gasteiger partial charge in [0, 0.05) is 17.8 Å². The maximum Gasteiger partial charge on any atom is 0.222 e. The SMILES string of the molecule is CC(N)CC(=O)NC(C)c1cc2ccccc2o1. The molecule has 4 nitrogen and oxygen atoms in total. The normalized spacial score (nSPS) is 14.4. The lowest BCUT2D eigenvalue weighted by Gasteiger charge is -2.12. The van der Waals surface area contributed by atoms with E-state index in [-0.39, 0.29) is 18.0 Å². The van der Waals surface area contributed by atoms with Crippen LogP contribution < -0.4 is 11.1 Å². The second-order valence-electron chi connectivity index (χ2n) is 4.66. The molecule has 1 aromatic carbocycles. The number of hydrogen-bond acceptors (Lipinski definition) is 3. The van der Waals surface area contributed by atoms with E-state index in [1.807, 2.05) is 44.2 Å². The third-order valence-electron chi connectivity index (χ3n) is 2.76. The number of benzene rings is 1. The molecule has 3 N–H and O–H groups in total. The highest BCUT2D eigenvalue weighted by Gasteiger charge is 2.14. The zero-order valence-electron chi connectivity index (χ0n) is 10.6. The molecule has 0 aliphatic carbocycles. The number of amides is 1. The molecule has 0 aliphatic rings. The Morgan fingerprint density at radius 3 is 2.78 bits per heavy atom. The number of rotatable bonds is 4. The molecule has 2 aromatic rings. The zero-order chi connectivity index (χ0) is 13.1. The molecular formula is C14H18N2O2. The Kier molecular flexibility index (Phi) is 3.67. The monoisotopic (exact) mass is 246 g/mol. The Hall–Kier alpha value is -1.81. The van der Waals surface area contributed by atoms with Crippen LogP contribution in [0.5, 0.6) is 0 Å². The molecule has 2 unspecified atom stereocenters. The standard InChI is InChI=1S/C14H18N2O2/c1-9(15)7-14(17)16-10(2)13-8-11-5-3-4-6-12(11)18-13/h3-6,8-10H,7,15H2,1-2H3,(H,16,17). The van der Waals surface area contributed by atoms with Gasteiger partial charge >= 0.3 is 0 Å². The first-order valence-electron chi connectivity index (χ1n) is 6.09. The van der Waals surface area contributed by atoms with Gasteiger partial charge in [0.25, 0.3) is 0 Å². The van der Waals surface area contributed by atoms with E-state index in [9.17, 15) is 4.79 Å². The van der Waals surface area contributed by atoms with Gasteiger partial charge in [-0.25, -0.2) is 0 Å². The third kappa shape index (κ3) is 2.90. The largest absolute Gasteiger partial charge is 0.459 e. The van der Waals surface area contributed by atoms with Crippen molar-refractivity contribution in [2.45, 2.75) is 32.4 Å². The smallest absolute Gasteiger partial charge is 0.222 e. The van der Waals surface area contributed by atoms with Crippen molar-refractivity contribution in [2.24, 2.45) is 5.73 Å². The van der Waals surface area contributed by atoms with Crippen LogP contribution in [0.25, 0.3) is 11.0 Å². The van der Waals surface area contributed by atoms with E-state index >= 15 is 0 Å². The minimum absolute atomic E-state index is 0.0574. The van der Waals surface area contributed by atoms with Crippen molar-refractivity contribution in [1.82, 2.24) is 5.32 Å². The van der Waals surface area contributed by atoms with Crippen LogP contribution in [0.15, 0.2) is 34.7 Å². The molecule has 1 amide bonds. The molecule has 0 radical (unpaired) electrons. The number of nitrogens with one attached hydrogen (secondary N) is 1. The number of nitrogens with two attached hydrogens (primary N) is 1. The summed E-state index contributed by atoms with van der Waals surface area (Å²) in [6.07, 6.45) is 0.324. The number of carbonyl (C=O) groups is 1. The molecule has 96 valence electrons. The van der Waals surface area contributed by atoms with E-state index in [4.69, 9.17) is 10.2 Å². The summed E-state index contributed by atoms with van der Waals surface area (Å²) in [5.41, 5.74) is 6.42. The van der Waals surface area contributed by atoms with E-state index in [0.717, 1.165) is 16.7 Å². The first kappa shape index (κ1) is 12.6. The molecule has 4 heteroatoms. The van der Waals surface area contributed by atoms with Crippen LogP contribution >= 0.6 is 0 Å². The summed E-state index contributed by atoms with van der Waals surface area (Å²) >= 11 is 0. The van der Waals surface area contributed by atoms with Crippen LogP contribution in [-0.2, 0) is 4.79 Å². The first-order valence-corrected chi connectivity index (χ1v) is 6.09. The van der Waals surface area contributed by atoms with Crippen LogP contribution in [0.4, 0.5) is 0 Å². The number of hydrogen-bond donors (Lipinski definition) is 2. The van der Waals surface area contributed by atoms with Crippen molar-refractivity contribution in [3.05, 3.63) is 36.1 Å². The van der Waals surface area contributed by atoms with Crippen LogP contribution in [0, 0.1) is 0 Å². The summed E-state index contributed by atoms with van der Waals surface area (Å²) in [6, 6.07) is 9.45. The highest BCUT2D eigenvalue weighted by molar-refractivity contribution is 5.79. The van der Waals surface area contributed by atoms with Gasteiger partial charge in [-0.3, -0.25) is 4.79 Å². The second kappa shape index (κ2) is 5.23. The third-order valence-corrected chi connectivity index (χ3v) is 2.76. The summed E-state index contributed by atoms with van der Waals surface area (Å²) in [5.74, 6) is 0.701. The van der Waals surface area contributed by atoms with Gasteiger partial charge in [-0.2, -0.15) is 0 Å². The summed E-state index contributed by atoms with van der Waals surface area (Å²) in [4.78, 5) is 11.6. The number of para-hydroxylation sites is 1. The summed E-state index contributed by atoms with van der Waals surface area (Å²) in [7, 11) is 0. The van der Waals surface area contributed by atoms with Crippen molar-refractivity contribution < 1.29 is 9.21 Å². The molecule has 1 heterocycles. The summed E-state index contributed by atoms with van der Waals surface area (Å²) in [5, 5.41) is 3.92. The van der Waals surface area contributed by atoms with E-state index in [1.54, 1.807) is 0 Å². The lowest BCUT2D eigenvalue weighted by molar-refractivity contribution is -0.122. The highest BCUT2D eigenvalue weighted by atomic mass is 16.3. The van der Waals surface area contributed by atoms with Crippen molar-refractivity contribution in [1.29, 1.82) is 0 Å². The number of furan rings is 1. The Bertz CT molecular complexity index is 512. The lowest BCUT2D eigenvalue weighted by Crippen LogP contribution is -2.31. The minimum Gasteiger partial charge on any atom is -0.459 e. The van der Waals surface area contributed by atoms with Crippen LogP contribution in [0.3, 0.4) is 0 Å². The molecule has 2 atom stereocenters.